The predicted octanol–water partition coefficient (Wildman–Crippen LogP) is 9.44. The summed E-state index contributed by atoms with van der Waals surface area (Å²) in [4.78, 5) is 15.5. The number of furan rings is 1. The molecule has 0 atom stereocenters. The van der Waals surface area contributed by atoms with Crippen LogP contribution in [0.25, 0.3) is 44.0 Å². The van der Waals surface area contributed by atoms with Crippen LogP contribution in [0.3, 0.4) is 0 Å². The Kier molecular flexibility index (Phi) is 8.88. The van der Waals surface area contributed by atoms with E-state index in [0.29, 0.717) is 17.4 Å². The molecule has 0 fully saturated rings. The van der Waals surface area contributed by atoms with Crippen molar-refractivity contribution in [2.75, 3.05) is 0 Å². The predicted molar refractivity (Wildman–Crippen MR) is 160 cm³/mol. The molecule has 6 rings (SSSR count). The zero-order valence-corrected chi connectivity index (χ0v) is 25.7. The number of fused-ring (bicyclic) bond motifs is 4. The summed E-state index contributed by atoms with van der Waals surface area (Å²) in [5.74, 6) is 0.802. The second kappa shape index (κ2) is 12.2. The van der Waals surface area contributed by atoms with Crippen LogP contribution in [0.1, 0.15) is 67.9 Å². The molecule has 0 amide bonds. The van der Waals surface area contributed by atoms with Crippen molar-refractivity contribution in [3.05, 3.63) is 108 Å². The largest absolute Gasteiger partial charge is 0.507 e. The zero-order valence-electron chi connectivity index (χ0n) is 23.3. The van der Waals surface area contributed by atoms with Crippen LogP contribution in [0.15, 0.2) is 89.5 Å². The Bertz CT molecular complexity index is 1820. The van der Waals surface area contributed by atoms with Crippen molar-refractivity contribution in [2.45, 2.75) is 46.5 Å². The molecule has 0 saturated heterocycles. The van der Waals surface area contributed by atoms with Gasteiger partial charge in [0.1, 0.15) is 11.3 Å². The number of phenols is 1. The molecule has 4 nitrogen and oxygen atoms in total. The number of pyridine rings is 1. The van der Waals surface area contributed by atoms with Crippen molar-refractivity contribution in [2.24, 2.45) is 0 Å². The van der Waals surface area contributed by atoms with E-state index < -0.39 is 0 Å². The summed E-state index contributed by atoms with van der Waals surface area (Å²) in [5.41, 5.74) is 6.54. The van der Waals surface area contributed by atoms with Gasteiger partial charge < -0.3 is 14.5 Å². The van der Waals surface area contributed by atoms with E-state index in [2.05, 4.69) is 76.2 Å². The Morgan fingerprint density at radius 3 is 2.25 bits per heavy atom. The number of para-hydroxylation sites is 2. The summed E-state index contributed by atoms with van der Waals surface area (Å²) >= 11 is 0. The van der Waals surface area contributed by atoms with Gasteiger partial charge in [-0.1, -0.05) is 87.2 Å². The molecule has 5 heteroatoms. The van der Waals surface area contributed by atoms with Gasteiger partial charge in [-0.3, -0.25) is 4.79 Å². The minimum Gasteiger partial charge on any atom is -0.507 e. The van der Waals surface area contributed by atoms with E-state index in [1.807, 2.05) is 18.3 Å². The van der Waals surface area contributed by atoms with Gasteiger partial charge in [-0.15, -0.1) is 17.7 Å². The van der Waals surface area contributed by atoms with Crippen LogP contribution in [0, 0.1) is 6.07 Å². The number of aromatic nitrogens is 1. The van der Waals surface area contributed by atoms with Crippen molar-refractivity contribution in [1.82, 2.24) is 4.98 Å². The van der Waals surface area contributed by atoms with Gasteiger partial charge in [0.25, 0.3) is 0 Å². The number of hydrogen-bond acceptors (Lipinski definition) is 4. The maximum atomic E-state index is 10.7. The average Bonchev–Trinajstić information content (AvgIpc) is 3.31. The Morgan fingerprint density at radius 2 is 1.57 bits per heavy atom. The zero-order chi connectivity index (χ0) is 27.7. The maximum Gasteiger partial charge on any atom is 0.163 e. The summed E-state index contributed by atoms with van der Waals surface area (Å²) in [6, 6.07) is 29.3. The number of Topliss-reactive ketones (excluding diaryl/α,β-unsaturated/α-hetero) is 1. The van der Waals surface area contributed by atoms with Crippen LogP contribution in [-0.2, 0) is 20.1 Å². The molecule has 0 saturated carbocycles. The van der Waals surface area contributed by atoms with E-state index in [1.165, 1.54) is 29.5 Å². The number of nitrogens with zero attached hydrogens (tertiary/aromatic N) is 1. The first kappa shape index (κ1) is 29.2. The van der Waals surface area contributed by atoms with E-state index in [-0.39, 0.29) is 31.6 Å². The molecule has 2 heterocycles. The van der Waals surface area contributed by atoms with Crippen LogP contribution in [0.4, 0.5) is 0 Å². The summed E-state index contributed by atoms with van der Waals surface area (Å²) in [5, 5.41) is 13.7. The molecule has 6 aromatic rings. The van der Waals surface area contributed by atoms with Gasteiger partial charge in [-0.2, -0.15) is 0 Å². The van der Waals surface area contributed by atoms with Crippen molar-refractivity contribution >= 4 is 38.5 Å². The fourth-order valence-corrected chi connectivity index (χ4v) is 4.79. The maximum absolute atomic E-state index is 10.7. The molecular formula is C35H32IrNO3-. The standard InChI is InChI=1S/C27H24NO.C8H8O2.Ir/c1-16(2)18-9-10-21-19(13-18)11-12-28-26(21)24-15-20(17(3)4)14-23-22-7-5-6-8-25(22)29-27(23)24;1-6(9)7-4-2-3-5-8(7)10;/h5-14,16-17H,1-4H3;2-5,10H,1H3;/q-1;;. The molecule has 0 aliphatic rings. The van der Waals surface area contributed by atoms with Gasteiger partial charge in [-0.25, -0.2) is 0 Å². The van der Waals surface area contributed by atoms with Gasteiger partial charge in [-0.05, 0) is 65.1 Å². The molecule has 1 N–H and O–H groups in total. The van der Waals surface area contributed by atoms with Gasteiger partial charge in [0.2, 0.25) is 0 Å². The van der Waals surface area contributed by atoms with Gasteiger partial charge in [0, 0.05) is 31.7 Å². The molecule has 4 aromatic carbocycles. The van der Waals surface area contributed by atoms with Gasteiger partial charge in [0.05, 0.1) is 11.1 Å². The van der Waals surface area contributed by atoms with E-state index in [9.17, 15) is 4.79 Å². The summed E-state index contributed by atoms with van der Waals surface area (Å²) < 4.78 is 6.31. The number of carbonyl (C=O) groups excluding carboxylic acids is 1. The number of phenolic OH excluding ortho intramolecular Hbond substituents is 1. The first-order valence-corrected chi connectivity index (χ1v) is 13.3. The number of carbonyl (C=O) groups is 1. The second-order valence-corrected chi connectivity index (χ2v) is 10.5. The van der Waals surface area contributed by atoms with E-state index in [0.717, 1.165) is 38.6 Å². The Labute approximate surface area is 248 Å². The molecule has 40 heavy (non-hydrogen) atoms. The van der Waals surface area contributed by atoms with Gasteiger partial charge >= 0.3 is 0 Å². The number of ketones is 1. The van der Waals surface area contributed by atoms with E-state index in [4.69, 9.17) is 14.5 Å². The molecule has 0 bridgehead atoms. The number of rotatable bonds is 4. The van der Waals surface area contributed by atoms with Crippen molar-refractivity contribution in [1.29, 1.82) is 0 Å². The van der Waals surface area contributed by atoms with Crippen molar-refractivity contribution in [3.8, 4) is 17.0 Å². The van der Waals surface area contributed by atoms with Crippen LogP contribution >= 0.6 is 0 Å². The second-order valence-electron chi connectivity index (χ2n) is 10.5. The molecule has 2 aromatic heterocycles. The molecule has 0 aliphatic heterocycles. The third kappa shape index (κ3) is 5.72. The molecule has 0 spiro atoms. The Hall–Kier alpha value is -3.79. The molecular weight excluding hydrogens is 675 g/mol. The average molecular weight is 707 g/mol. The molecule has 0 unspecified atom stereocenters. The number of benzene rings is 4. The quantitative estimate of drug-likeness (QED) is 0.147. The summed E-state index contributed by atoms with van der Waals surface area (Å²) in [6.07, 6.45) is 1.89. The Morgan fingerprint density at radius 1 is 0.850 bits per heavy atom. The molecule has 205 valence electrons. The van der Waals surface area contributed by atoms with E-state index >= 15 is 0 Å². The first-order valence-electron chi connectivity index (χ1n) is 13.3. The summed E-state index contributed by atoms with van der Waals surface area (Å²) in [7, 11) is 0. The minimum absolute atomic E-state index is 0. The molecule has 1 radical (unpaired) electrons. The SMILES string of the molecule is CC(=O)c1ccccc1O.CC(C)c1[c-]c(-c2nccc3cc(C(C)C)ccc23)c2oc3ccccc3c2c1.[Ir]. The van der Waals surface area contributed by atoms with Crippen molar-refractivity contribution < 1.29 is 34.4 Å². The topological polar surface area (TPSA) is 63.3 Å². The summed E-state index contributed by atoms with van der Waals surface area (Å²) in [6.45, 7) is 10.3. The third-order valence-corrected chi connectivity index (χ3v) is 7.03. The van der Waals surface area contributed by atoms with E-state index in [1.54, 1.807) is 18.2 Å². The minimum atomic E-state index is -0.113. The van der Waals surface area contributed by atoms with Crippen LogP contribution < -0.4 is 0 Å². The number of aromatic hydroxyl groups is 1. The fraction of sp³-hybridized carbons (Fsp3) is 0.200. The normalized spacial score (nSPS) is 11.1. The smallest absolute Gasteiger partial charge is 0.163 e. The van der Waals surface area contributed by atoms with Gasteiger partial charge in [0.15, 0.2) is 5.78 Å². The third-order valence-electron chi connectivity index (χ3n) is 7.03. The first-order chi connectivity index (χ1) is 18.7. The Balaban J connectivity index is 0.000000287. The van der Waals surface area contributed by atoms with Crippen LogP contribution in [0.5, 0.6) is 5.75 Å². The van der Waals surface area contributed by atoms with Crippen LogP contribution in [0.2, 0.25) is 0 Å². The van der Waals surface area contributed by atoms with Crippen molar-refractivity contribution in [3.63, 3.8) is 0 Å². The fourth-order valence-electron chi connectivity index (χ4n) is 4.79. The van der Waals surface area contributed by atoms with Crippen LogP contribution in [-0.4, -0.2) is 15.9 Å². The molecule has 0 aliphatic carbocycles. The monoisotopic (exact) mass is 707 g/mol. The number of hydrogen-bond donors (Lipinski definition) is 1.